The first-order chi connectivity index (χ1) is 8.69. The van der Waals surface area contributed by atoms with Crippen LogP contribution < -0.4 is 15.2 Å². The van der Waals surface area contributed by atoms with Gasteiger partial charge >= 0.3 is 0 Å². The van der Waals surface area contributed by atoms with Gasteiger partial charge < -0.3 is 15.2 Å². The molecule has 0 radical (unpaired) electrons. The molecule has 1 aromatic rings. The number of benzene rings is 1. The summed E-state index contributed by atoms with van der Waals surface area (Å²) in [6.45, 7) is 2.83. The number of nitrogens with two attached hydrogens (primary N) is 1. The molecule has 0 heterocycles. The van der Waals surface area contributed by atoms with Crippen LogP contribution in [0.2, 0.25) is 5.02 Å². The number of hydrogen-bond acceptors (Lipinski definition) is 3. The molecule has 0 aliphatic rings. The second-order valence-electron chi connectivity index (χ2n) is 4.16. The van der Waals surface area contributed by atoms with E-state index in [4.69, 9.17) is 26.8 Å². The van der Waals surface area contributed by atoms with Crippen molar-refractivity contribution in [2.45, 2.75) is 32.6 Å². The second kappa shape index (κ2) is 7.49. The molecule has 0 aromatic heterocycles. The van der Waals surface area contributed by atoms with Crippen molar-refractivity contribution in [2.75, 3.05) is 20.8 Å². The van der Waals surface area contributed by atoms with Crippen LogP contribution in [-0.2, 0) is 12.8 Å². The standard InChI is InChI=1S/C14H22ClNO2/c1-4-11-10(7-5-6-8-16)9-12(15)14(18-3)13(11)17-2/h9H,4-8,16H2,1-3H3. The van der Waals surface area contributed by atoms with Gasteiger partial charge in [-0.25, -0.2) is 0 Å². The van der Waals surface area contributed by atoms with Crippen molar-refractivity contribution in [3.8, 4) is 11.5 Å². The van der Waals surface area contributed by atoms with Crippen molar-refractivity contribution >= 4 is 11.6 Å². The molecule has 2 N–H and O–H groups in total. The first kappa shape index (κ1) is 15.1. The molecule has 0 fully saturated rings. The topological polar surface area (TPSA) is 44.5 Å². The summed E-state index contributed by atoms with van der Waals surface area (Å²) in [5.41, 5.74) is 7.93. The van der Waals surface area contributed by atoms with Crippen LogP contribution in [0.3, 0.4) is 0 Å². The van der Waals surface area contributed by atoms with Crippen LogP contribution in [0.1, 0.15) is 30.9 Å². The van der Waals surface area contributed by atoms with Crippen LogP contribution in [0.15, 0.2) is 6.07 Å². The van der Waals surface area contributed by atoms with Crippen LogP contribution in [0.25, 0.3) is 0 Å². The molecule has 0 aliphatic heterocycles. The van der Waals surface area contributed by atoms with E-state index < -0.39 is 0 Å². The number of ether oxygens (including phenoxy) is 2. The molecular formula is C14H22ClNO2. The highest BCUT2D eigenvalue weighted by Crippen LogP contribution is 2.40. The van der Waals surface area contributed by atoms with Gasteiger partial charge in [0, 0.05) is 5.56 Å². The average Bonchev–Trinajstić information content (AvgIpc) is 2.38. The van der Waals surface area contributed by atoms with Crippen molar-refractivity contribution in [1.29, 1.82) is 0 Å². The summed E-state index contributed by atoms with van der Waals surface area (Å²) in [6, 6.07) is 1.98. The molecule has 1 aromatic carbocycles. The Morgan fingerprint density at radius 1 is 1.17 bits per heavy atom. The van der Waals surface area contributed by atoms with E-state index in [0.29, 0.717) is 10.8 Å². The van der Waals surface area contributed by atoms with Gasteiger partial charge in [0.15, 0.2) is 11.5 Å². The fourth-order valence-corrected chi connectivity index (χ4v) is 2.47. The third kappa shape index (κ3) is 3.30. The minimum absolute atomic E-state index is 0.606. The van der Waals surface area contributed by atoms with Crippen molar-refractivity contribution in [3.63, 3.8) is 0 Å². The smallest absolute Gasteiger partial charge is 0.179 e. The summed E-state index contributed by atoms with van der Waals surface area (Å²) in [4.78, 5) is 0. The minimum atomic E-state index is 0.606. The molecule has 0 spiro atoms. The summed E-state index contributed by atoms with van der Waals surface area (Å²) < 4.78 is 10.8. The molecule has 0 unspecified atom stereocenters. The molecule has 3 nitrogen and oxygen atoms in total. The van der Waals surface area contributed by atoms with E-state index in [1.54, 1.807) is 14.2 Å². The molecule has 0 saturated carbocycles. The number of halogens is 1. The number of unbranched alkanes of at least 4 members (excludes halogenated alkanes) is 1. The first-order valence-electron chi connectivity index (χ1n) is 6.31. The molecule has 18 heavy (non-hydrogen) atoms. The van der Waals surface area contributed by atoms with Gasteiger partial charge in [-0.15, -0.1) is 0 Å². The third-order valence-electron chi connectivity index (χ3n) is 3.05. The Balaban J connectivity index is 3.13. The molecule has 0 atom stereocenters. The Labute approximate surface area is 114 Å². The Bertz CT molecular complexity index is 394. The van der Waals surface area contributed by atoms with E-state index in [1.807, 2.05) is 6.07 Å². The zero-order valence-electron chi connectivity index (χ0n) is 11.4. The largest absolute Gasteiger partial charge is 0.493 e. The monoisotopic (exact) mass is 271 g/mol. The van der Waals surface area contributed by atoms with Gasteiger partial charge in [0.1, 0.15) is 0 Å². The van der Waals surface area contributed by atoms with E-state index in [0.717, 1.165) is 38.0 Å². The Hall–Kier alpha value is -0.930. The van der Waals surface area contributed by atoms with Gasteiger partial charge in [0.25, 0.3) is 0 Å². The number of aryl methyl sites for hydroxylation is 1. The van der Waals surface area contributed by atoms with Gasteiger partial charge in [0.05, 0.1) is 19.2 Å². The van der Waals surface area contributed by atoms with Crippen LogP contribution in [0, 0.1) is 0 Å². The van der Waals surface area contributed by atoms with E-state index in [9.17, 15) is 0 Å². The van der Waals surface area contributed by atoms with Crippen LogP contribution >= 0.6 is 11.6 Å². The molecule has 1 rings (SSSR count). The fraction of sp³-hybridized carbons (Fsp3) is 0.571. The maximum atomic E-state index is 6.23. The highest BCUT2D eigenvalue weighted by molar-refractivity contribution is 6.32. The molecule has 0 saturated heterocycles. The van der Waals surface area contributed by atoms with E-state index in [2.05, 4.69) is 6.92 Å². The Morgan fingerprint density at radius 2 is 1.83 bits per heavy atom. The lowest BCUT2D eigenvalue weighted by atomic mass is 9.98. The van der Waals surface area contributed by atoms with E-state index >= 15 is 0 Å². The summed E-state index contributed by atoms with van der Waals surface area (Å²) >= 11 is 6.23. The molecule has 102 valence electrons. The zero-order valence-corrected chi connectivity index (χ0v) is 12.1. The second-order valence-corrected chi connectivity index (χ2v) is 4.57. The zero-order chi connectivity index (χ0) is 13.5. The van der Waals surface area contributed by atoms with Crippen molar-refractivity contribution in [3.05, 3.63) is 22.2 Å². The van der Waals surface area contributed by atoms with Gasteiger partial charge in [-0.1, -0.05) is 18.5 Å². The number of rotatable bonds is 7. The highest BCUT2D eigenvalue weighted by atomic mass is 35.5. The first-order valence-corrected chi connectivity index (χ1v) is 6.69. The normalized spacial score (nSPS) is 10.5. The lowest BCUT2D eigenvalue weighted by Crippen LogP contribution is -2.03. The minimum Gasteiger partial charge on any atom is -0.493 e. The maximum absolute atomic E-state index is 6.23. The predicted molar refractivity (Wildman–Crippen MR) is 75.9 cm³/mol. The molecule has 0 aliphatic carbocycles. The SMILES string of the molecule is CCc1c(CCCCN)cc(Cl)c(OC)c1OC. The van der Waals surface area contributed by atoms with Crippen LogP contribution in [-0.4, -0.2) is 20.8 Å². The van der Waals surface area contributed by atoms with Crippen LogP contribution in [0.4, 0.5) is 0 Å². The molecule has 4 heteroatoms. The van der Waals surface area contributed by atoms with Gasteiger partial charge in [-0.05, 0) is 43.9 Å². The summed E-state index contributed by atoms with van der Waals surface area (Å²) in [5, 5.41) is 0.606. The maximum Gasteiger partial charge on any atom is 0.179 e. The lowest BCUT2D eigenvalue weighted by molar-refractivity contribution is 0.351. The highest BCUT2D eigenvalue weighted by Gasteiger charge is 2.17. The predicted octanol–water partition coefficient (Wildman–Crippen LogP) is 3.20. The summed E-state index contributed by atoms with van der Waals surface area (Å²) in [7, 11) is 3.26. The summed E-state index contributed by atoms with van der Waals surface area (Å²) in [5.74, 6) is 1.38. The molecular weight excluding hydrogens is 250 g/mol. The third-order valence-corrected chi connectivity index (χ3v) is 3.33. The number of hydrogen-bond donors (Lipinski definition) is 1. The Kier molecular flexibility index (Phi) is 6.30. The van der Waals surface area contributed by atoms with Crippen molar-refractivity contribution in [2.24, 2.45) is 5.73 Å². The van der Waals surface area contributed by atoms with Crippen LogP contribution in [0.5, 0.6) is 11.5 Å². The summed E-state index contributed by atoms with van der Waals surface area (Å²) in [6.07, 6.45) is 3.96. The van der Waals surface area contributed by atoms with Crippen molar-refractivity contribution < 1.29 is 9.47 Å². The lowest BCUT2D eigenvalue weighted by Gasteiger charge is -2.17. The van der Waals surface area contributed by atoms with E-state index in [-0.39, 0.29) is 0 Å². The van der Waals surface area contributed by atoms with Crippen molar-refractivity contribution in [1.82, 2.24) is 0 Å². The van der Waals surface area contributed by atoms with Gasteiger partial charge in [-0.2, -0.15) is 0 Å². The molecule has 0 bridgehead atoms. The average molecular weight is 272 g/mol. The quantitative estimate of drug-likeness (QED) is 0.775. The fourth-order valence-electron chi connectivity index (χ4n) is 2.17. The van der Waals surface area contributed by atoms with E-state index in [1.165, 1.54) is 11.1 Å². The van der Waals surface area contributed by atoms with Gasteiger partial charge in [0.2, 0.25) is 0 Å². The number of methoxy groups -OCH3 is 2. The van der Waals surface area contributed by atoms with Gasteiger partial charge in [-0.3, -0.25) is 0 Å². The molecule has 0 amide bonds. The Morgan fingerprint density at radius 3 is 2.33 bits per heavy atom.